The summed E-state index contributed by atoms with van der Waals surface area (Å²) in [4.78, 5) is 9.73. The minimum absolute atomic E-state index is 0. The molecule has 0 atom stereocenters. The normalized spacial score (nSPS) is 10.2. The van der Waals surface area contributed by atoms with Crippen LogP contribution in [0.25, 0.3) is 10.9 Å². The molecule has 0 aliphatic rings. The Morgan fingerprint density at radius 2 is 1.10 bits per heavy atom. The SMILES string of the molecule is CC(C)(C)OO.CC(C)O.CC(C)O.CC(C)O.CC(C)O.CCN(CC)CCc1c[nH]c2ccccc12.[Ti]. The van der Waals surface area contributed by atoms with Crippen molar-refractivity contribution in [1.29, 1.82) is 0 Å². The van der Waals surface area contributed by atoms with Crippen molar-refractivity contribution in [2.45, 2.75) is 126 Å². The second kappa shape index (κ2) is 30.2. The first kappa shape index (κ1) is 48.0. The van der Waals surface area contributed by atoms with Gasteiger partial charge in [0.15, 0.2) is 0 Å². The van der Waals surface area contributed by atoms with E-state index < -0.39 is 5.60 Å². The summed E-state index contributed by atoms with van der Waals surface area (Å²) in [7, 11) is 0. The minimum Gasteiger partial charge on any atom is -0.394 e. The summed E-state index contributed by atoms with van der Waals surface area (Å²) < 4.78 is 0. The summed E-state index contributed by atoms with van der Waals surface area (Å²) in [5.41, 5.74) is 2.28. The van der Waals surface area contributed by atoms with Crippen molar-refractivity contribution in [2.24, 2.45) is 0 Å². The minimum atomic E-state index is -0.403. The van der Waals surface area contributed by atoms with Gasteiger partial charge >= 0.3 is 0 Å². The van der Waals surface area contributed by atoms with Gasteiger partial charge in [0.05, 0.1) is 5.60 Å². The number of nitrogens with zero attached hydrogens (tertiary/aromatic N) is 1. The number of aromatic amines is 1. The molecule has 0 saturated carbocycles. The van der Waals surface area contributed by atoms with Crippen LogP contribution < -0.4 is 0 Å². The number of rotatable bonds is 5. The summed E-state index contributed by atoms with van der Waals surface area (Å²) >= 11 is 0. The number of aliphatic hydroxyl groups excluding tert-OH is 4. The van der Waals surface area contributed by atoms with E-state index in [1.807, 2.05) is 0 Å². The van der Waals surface area contributed by atoms with Crippen LogP contribution in [0.15, 0.2) is 30.5 Å². The first-order chi connectivity index (χ1) is 17.3. The van der Waals surface area contributed by atoms with Crippen LogP contribution in [0.4, 0.5) is 0 Å². The molecule has 232 valence electrons. The summed E-state index contributed by atoms with van der Waals surface area (Å²) in [6.45, 7) is 27.0. The third-order valence-electron chi connectivity index (χ3n) is 3.54. The van der Waals surface area contributed by atoms with Gasteiger partial charge in [-0.15, -0.1) is 0 Å². The second-order valence-electron chi connectivity index (χ2n) is 10.7. The topological polar surface area (TPSA) is 129 Å². The zero-order chi connectivity index (χ0) is 30.9. The molecule has 9 heteroatoms. The van der Waals surface area contributed by atoms with Gasteiger partial charge in [0.2, 0.25) is 0 Å². The fraction of sp³-hybridized carbons (Fsp3) is 0.733. The van der Waals surface area contributed by atoms with E-state index in [2.05, 4.69) is 59.1 Å². The molecule has 8 nitrogen and oxygen atoms in total. The number of H-pyrrole nitrogens is 1. The van der Waals surface area contributed by atoms with E-state index >= 15 is 0 Å². The second-order valence-corrected chi connectivity index (χ2v) is 10.7. The van der Waals surface area contributed by atoms with Gasteiger partial charge in [0.1, 0.15) is 0 Å². The molecule has 1 aromatic heterocycles. The van der Waals surface area contributed by atoms with Gasteiger partial charge in [0, 0.05) is 69.8 Å². The number of fused-ring (bicyclic) bond motifs is 1. The molecule has 0 radical (unpaired) electrons. The molecule has 0 bridgehead atoms. The van der Waals surface area contributed by atoms with Crippen LogP contribution in [0.1, 0.15) is 95.6 Å². The summed E-state index contributed by atoms with van der Waals surface area (Å²) in [6, 6.07) is 8.52. The van der Waals surface area contributed by atoms with Crippen LogP contribution in [0.3, 0.4) is 0 Å². The zero-order valence-corrected chi connectivity index (χ0v) is 28.7. The Morgan fingerprint density at radius 3 is 1.41 bits per heavy atom. The van der Waals surface area contributed by atoms with Crippen LogP contribution in [-0.4, -0.2) is 85.2 Å². The van der Waals surface area contributed by atoms with Gasteiger partial charge < -0.3 is 30.3 Å². The van der Waals surface area contributed by atoms with Gasteiger partial charge in [-0.2, -0.15) is 0 Å². The Kier molecular flexibility index (Phi) is 37.1. The maximum absolute atomic E-state index is 8.06. The van der Waals surface area contributed by atoms with E-state index in [1.165, 1.54) is 16.5 Å². The van der Waals surface area contributed by atoms with Crippen molar-refractivity contribution in [1.82, 2.24) is 9.88 Å². The number of hydrogen-bond donors (Lipinski definition) is 6. The molecule has 39 heavy (non-hydrogen) atoms. The molecule has 0 aliphatic carbocycles. The number of para-hydroxylation sites is 1. The predicted molar refractivity (Wildman–Crippen MR) is 163 cm³/mol. The maximum Gasteiger partial charge on any atom is 0.0949 e. The van der Waals surface area contributed by atoms with Gasteiger partial charge in [-0.1, -0.05) is 32.0 Å². The number of nitrogens with one attached hydrogen (secondary N) is 1. The van der Waals surface area contributed by atoms with Gasteiger partial charge in [-0.25, -0.2) is 4.89 Å². The van der Waals surface area contributed by atoms with Crippen LogP contribution >= 0.6 is 0 Å². The van der Waals surface area contributed by atoms with Gasteiger partial charge in [0.25, 0.3) is 0 Å². The Hall–Kier alpha value is -0.806. The molecule has 0 saturated heterocycles. The molecule has 1 aromatic carbocycles. The van der Waals surface area contributed by atoms with Crippen molar-refractivity contribution < 1.29 is 52.3 Å². The molecule has 2 aromatic rings. The molecular weight excluding hydrogens is 532 g/mol. The van der Waals surface area contributed by atoms with Crippen LogP contribution in [0, 0.1) is 0 Å². The van der Waals surface area contributed by atoms with E-state index in [4.69, 9.17) is 25.7 Å². The number of likely N-dealkylation sites (N-methyl/N-ethyl adjacent to an activating group) is 1. The van der Waals surface area contributed by atoms with Gasteiger partial charge in [-0.3, -0.25) is 5.26 Å². The van der Waals surface area contributed by atoms with Crippen molar-refractivity contribution >= 4 is 10.9 Å². The van der Waals surface area contributed by atoms with Crippen LogP contribution in [0.2, 0.25) is 0 Å². The van der Waals surface area contributed by atoms with Crippen molar-refractivity contribution in [3.63, 3.8) is 0 Å². The summed E-state index contributed by atoms with van der Waals surface area (Å²) in [5, 5.41) is 41.5. The Bertz CT molecular complexity index is 693. The number of aromatic nitrogens is 1. The average Bonchev–Trinajstić information content (AvgIpc) is 3.16. The molecule has 1 heterocycles. The average molecular weight is 595 g/mol. The Labute approximate surface area is 254 Å². The fourth-order valence-corrected chi connectivity index (χ4v) is 2.16. The van der Waals surface area contributed by atoms with Gasteiger partial charge in [-0.05, 0) is 107 Å². The molecule has 0 aliphatic heterocycles. The predicted octanol–water partition coefficient (Wildman–Crippen LogP) is 5.87. The monoisotopic (exact) mass is 594 g/mol. The van der Waals surface area contributed by atoms with E-state index in [9.17, 15) is 0 Å². The quantitative estimate of drug-likeness (QED) is 0.145. The fourth-order valence-electron chi connectivity index (χ4n) is 2.16. The summed E-state index contributed by atoms with van der Waals surface area (Å²) in [5.74, 6) is 0. The Balaban J connectivity index is -0.000000140. The third kappa shape index (κ3) is 47.3. The molecule has 0 amide bonds. The van der Waals surface area contributed by atoms with Crippen molar-refractivity contribution in [3.8, 4) is 0 Å². The van der Waals surface area contributed by atoms with Crippen molar-refractivity contribution in [2.75, 3.05) is 19.6 Å². The van der Waals surface area contributed by atoms with E-state index in [1.54, 1.807) is 76.2 Å². The molecule has 0 spiro atoms. The van der Waals surface area contributed by atoms with E-state index in [0.29, 0.717) is 0 Å². The Morgan fingerprint density at radius 1 is 0.769 bits per heavy atom. The number of aliphatic hydroxyl groups is 4. The molecule has 6 N–H and O–H groups in total. The molecule has 2 rings (SSSR count). The first-order valence-electron chi connectivity index (χ1n) is 13.7. The zero-order valence-electron chi connectivity index (χ0n) is 27.1. The van der Waals surface area contributed by atoms with E-state index in [-0.39, 0.29) is 46.1 Å². The molecule has 0 fully saturated rings. The van der Waals surface area contributed by atoms with Crippen LogP contribution in [0.5, 0.6) is 0 Å². The van der Waals surface area contributed by atoms with Crippen LogP contribution in [-0.2, 0) is 33.0 Å². The standard InChI is InChI=1S/C14H20N2.C4H10O2.4C3H8O.Ti/c1-3-16(4-2)10-9-12-11-15-14-8-6-5-7-13(12)14;1-4(2,3)6-5;4*1-3(2)4;/h5-8,11,15H,3-4,9-10H2,1-2H3;5H,1-3H3;4*3-4H,1-2H3;. The smallest absolute Gasteiger partial charge is 0.0949 e. The molecule has 0 unspecified atom stereocenters. The number of hydrogen-bond acceptors (Lipinski definition) is 7. The first-order valence-corrected chi connectivity index (χ1v) is 13.7. The molecular formula is C30H62N2O6Ti. The number of benzene rings is 1. The van der Waals surface area contributed by atoms with Crippen molar-refractivity contribution in [3.05, 3.63) is 36.0 Å². The summed E-state index contributed by atoms with van der Waals surface area (Å²) in [6.07, 6.45) is 2.61. The van der Waals surface area contributed by atoms with E-state index in [0.717, 1.165) is 26.1 Å². The third-order valence-corrected chi connectivity index (χ3v) is 3.54. The maximum atomic E-state index is 8.06. The largest absolute Gasteiger partial charge is 0.394 e.